The summed E-state index contributed by atoms with van der Waals surface area (Å²) in [5, 5.41) is 23.3. The number of aliphatic hydroxyl groups excluding tert-OH is 2. The molecule has 3 rings (SSSR count). The van der Waals surface area contributed by atoms with Crippen LogP contribution in [0.3, 0.4) is 0 Å². The third-order valence-corrected chi connectivity index (χ3v) is 4.46. The lowest BCUT2D eigenvalue weighted by Gasteiger charge is -2.21. The Morgan fingerprint density at radius 2 is 1.44 bits per heavy atom. The third-order valence-electron chi connectivity index (χ3n) is 4.46. The maximum absolute atomic E-state index is 10.5. The van der Waals surface area contributed by atoms with Gasteiger partial charge >= 0.3 is 0 Å². The molecule has 1 aliphatic heterocycles. The molecule has 1 saturated heterocycles. The highest BCUT2D eigenvalue weighted by Gasteiger charge is 2.42. The van der Waals surface area contributed by atoms with Crippen molar-refractivity contribution in [3.8, 4) is 0 Å². The number of aliphatic hydroxyl groups is 2. The Bertz CT molecular complexity index is 622. The monoisotopic (exact) mass is 343 g/mol. The molecule has 0 saturated carbocycles. The van der Waals surface area contributed by atoms with Gasteiger partial charge in [0.25, 0.3) is 0 Å². The lowest BCUT2D eigenvalue weighted by molar-refractivity contribution is -0.0513. The number of benzene rings is 2. The van der Waals surface area contributed by atoms with Gasteiger partial charge < -0.3 is 25.0 Å². The van der Waals surface area contributed by atoms with E-state index in [2.05, 4.69) is 5.32 Å². The smallest absolute Gasteiger partial charge is 0.103 e. The molecule has 1 aliphatic rings. The highest BCUT2D eigenvalue weighted by molar-refractivity contribution is 5.14. The molecule has 25 heavy (non-hydrogen) atoms. The fraction of sp³-hybridized carbons (Fsp3) is 0.400. The lowest BCUT2D eigenvalue weighted by Crippen LogP contribution is -2.38. The molecule has 0 amide bonds. The Balaban J connectivity index is 1.50. The van der Waals surface area contributed by atoms with E-state index in [1.165, 1.54) is 0 Å². The SMILES string of the molecule is OC[C@H]1N[C@H](COCc2ccccc2)[C@@H](O)[C@@H]1OCc1ccccc1. The molecule has 0 radical (unpaired) electrons. The van der Waals surface area contributed by atoms with Crippen molar-refractivity contribution in [3.63, 3.8) is 0 Å². The zero-order valence-corrected chi connectivity index (χ0v) is 14.1. The summed E-state index contributed by atoms with van der Waals surface area (Å²) in [5.74, 6) is 0. The molecule has 134 valence electrons. The lowest BCUT2D eigenvalue weighted by atomic mass is 10.1. The van der Waals surface area contributed by atoms with E-state index in [0.29, 0.717) is 19.8 Å². The van der Waals surface area contributed by atoms with Crippen molar-refractivity contribution >= 4 is 0 Å². The Kier molecular flexibility index (Phi) is 6.55. The second-order valence-corrected chi connectivity index (χ2v) is 6.31. The van der Waals surface area contributed by atoms with Gasteiger partial charge in [0.05, 0.1) is 44.6 Å². The van der Waals surface area contributed by atoms with Gasteiger partial charge in [0.1, 0.15) is 6.10 Å². The summed E-state index contributed by atoms with van der Waals surface area (Å²) in [6.07, 6.45) is -1.19. The minimum atomic E-state index is -0.725. The number of hydrogen-bond donors (Lipinski definition) is 3. The van der Waals surface area contributed by atoms with Crippen LogP contribution in [-0.2, 0) is 22.7 Å². The van der Waals surface area contributed by atoms with E-state index < -0.39 is 12.2 Å². The van der Waals surface area contributed by atoms with Crippen molar-refractivity contribution in [3.05, 3.63) is 71.8 Å². The fourth-order valence-corrected chi connectivity index (χ4v) is 3.10. The first-order valence-electron chi connectivity index (χ1n) is 8.60. The van der Waals surface area contributed by atoms with Gasteiger partial charge in [-0.2, -0.15) is 0 Å². The van der Waals surface area contributed by atoms with Crippen molar-refractivity contribution in [2.24, 2.45) is 0 Å². The minimum Gasteiger partial charge on any atom is -0.395 e. The van der Waals surface area contributed by atoms with E-state index in [1.807, 2.05) is 60.7 Å². The van der Waals surface area contributed by atoms with Gasteiger partial charge in [0, 0.05) is 0 Å². The van der Waals surface area contributed by atoms with Crippen molar-refractivity contribution in [1.29, 1.82) is 0 Å². The zero-order chi connectivity index (χ0) is 17.5. The summed E-state index contributed by atoms with van der Waals surface area (Å²) in [5.41, 5.74) is 2.13. The van der Waals surface area contributed by atoms with Gasteiger partial charge in [-0.1, -0.05) is 60.7 Å². The van der Waals surface area contributed by atoms with Gasteiger partial charge in [-0.3, -0.25) is 0 Å². The van der Waals surface area contributed by atoms with Gasteiger partial charge in [-0.05, 0) is 11.1 Å². The Hall–Kier alpha value is -1.76. The summed E-state index contributed by atoms with van der Waals surface area (Å²) in [6.45, 7) is 1.16. The maximum atomic E-state index is 10.5. The Morgan fingerprint density at radius 1 is 0.840 bits per heavy atom. The van der Waals surface area contributed by atoms with Crippen molar-refractivity contribution in [1.82, 2.24) is 5.32 Å². The number of hydrogen-bond acceptors (Lipinski definition) is 5. The zero-order valence-electron chi connectivity index (χ0n) is 14.1. The molecule has 4 atom stereocenters. The van der Waals surface area contributed by atoms with Gasteiger partial charge in [-0.25, -0.2) is 0 Å². The average Bonchev–Trinajstić information content (AvgIpc) is 2.97. The summed E-state index contributed by atoms with van der Waals surface area (Å²) in [7, 11) is 0. The molecule has 0 aliphatic carbocycles. The van der Waals surface area contributed by atoms with Gasteiger partial charge in [-0.15, -0.1) is 0 Å². The molecule has 2 aromatic carbocycles. The van der Waals surface area contributed by atoms with Crippen molar-refractivity contribution in [2.75, 3.05) is 13.2 Å². The summed E-state index contributed by atoms with van der Waals surface area (Å²) >= 11 is 0. The first kappa shape index (κ1) is 18.0. The molecule has 5 nitrogen and oxygen atoms in total. The van der Waals surface area contributed by atoms with E-state index >= 15 is 0 Å². The molecule has 1 fully saturated rings. The van der Waals surface area contributed by atoms with Crippen LogP contribution in [0.25, 0.3) is 0 Å². The highest BCUT2D eigenvalue weighted by Crippen LogP contribution is 2.20. The van der Waals surface area contributed by atoms with Crippen LogP contribution in [0.2, 0.25) is 0 Å². The first-order valence-corrected chi connectivity index (χ1v) is 8.60. The molecular formula is C20H25NO4. The standard InChI is InChI=1S/C20H25NO4/c22-11-17-20(25-13-16-9-5-2-6-10-16)19(23)18(21-17)14-24-12-15-7-3-1-4-8-15/h1-10,17-23H,11-14H2/t17-,18-,19-,20-/m1/s1. The molecule has 3 N–H and O–H groups in total. The van der Waals surface area contributed by atoms with E-state index in [4.69, 9.17) is 9.47 Å². The maximum Gasteiger partial charge on any atom is 0.103 e. The normalized spacial score (nSPS) is 26.0. The topological polar surface area (TPSA) is 71.0 Å². The van der Waals surface area contributed by atoms with E-state index in [-0.39, 0.29) is 18.7 Å². The third kappa shape index (κ3) is 4.87. The number of nitrogens with one attached hydrogen (secondary N) is 1. The summed E-state index contributed by atoms with van der Waals surface area (Å²) < 4.78 is 11.6. The second kappa shape index (κ2) is 9.08. The molecule has 0 spiro atoms. The van der Waals surface area contributed by atoms with E-state index in [1.54, 1.807) is 0 Å². The predicted octanol–water partition coefficient (Wildman–Crippen LogP) is 1.48. The van der Waals surface area contributed by atoms with E-state index in [9.17, 15) is 10.2 Å². The van der Waals surface area contributed by atoms with Gasteiger partial charge in [0.2, 0.25) is 0 Å². The quantitative estimate of drug-likeness (QED) is 0.677. The highest BCUT2D eigenvalue weighted by atomic mass is 16.5. The van der Waals surface area contributed by atoms with Crippen molar-refractivity contribution < 1.29 is 19.7 Å². The van der Waals surface area contributed by atoms with Crippen LogP contribution in [0, 0.1) is 0 Å². The van der Waals surface area contributed by atoms with Crippen LogP contribution in [0.1, 0.15) is 11.1 Å². The molecule has 5 heteroatoms. The van der Waals surface area contributed by atoms with Crippen LogP contribution < -0.4 is 5.32 Å². The van der Waals surface area contributed by atoms with Gasteiger partial charge in [0.15, 0.2) is 0 Å². The molecular weight excluding hydrogens is 318 g/mol. The largest absolute Gasteiger partial charge is 0.395 e. The molecule has 2 aromatic rings. The first-order chi connectivity index (χ1) is 12.3. The predicted molar refractivity (Wildman–Crippen MR) is 94.9 cm³/mol. The molecule has 1 heterocycles. The molecule has 0 aromatic heterocycles. The van der Waals surface area contributed by atoms with Crippen LogP contribution in [0.15, 0.2) is 60.7 Å². The Labute approximate surface area is 148 Å². The summed E-state index contributed by atoms with van der Waals surface area (Å²) in [4.78, 5) is 0. The Morgan fingerprint density at radius 3 is 2.04 bits per heavy atom. The molecule has 0 unspecified atom stereocenters. The molecule has 0 bridgehead atoms. The van der Waals surface area contributed by atoms with Crippen LogP contribution in [0.4, 0.5) is 0 Å². The summed E-state index contributed by atoms with van der Waals surface area (Å²) in [6, 6.07) is 19.1. The minimum absolute atomic E-state index is 0.0916. The van der Waals surface area contributed by atoms with E-state index in [0.717, 1.165) is 11.1 Å². The number of rotatable bonds is 8. The van der Waals surface area contributed by atoms with Crippen LogP contribution in [-0.4, -0.2) is 47.7 Å². The van der Waals surface area contributed by atoms with Crippen LogP contribution in [0.5, 0.6) is 0 Å². The van der Waals surface area contributed by atoms with Crippen molar-refractivity contribution in [2.45, 2.75) is 37.5 Å². The second-order valence-electron chi connectivity index (χ2n) is 6.31. The fourth-order valence-electron chi connectivity index (χ4n) is 3.10. The van der Waals surface area contributed by atoms with Crippen LogP contribution >= 0.6 is 0 Å². The average molecular weight is 343 g/mol. The number of ether oxygens (including phenoxy) is 2.